The summed E-state index contributed by atoms with van der Waals surface area (Å²) in [5.74, 6) is 0.590. The van der Waals surface area contributed by atoms with Crippen LogP contribution in [0.15, 0.2) is 0 Å². The maximum atomic E-state index is 11.5. The Bertz CT molecular complexity index is 61.0. The van der Waals surface area contributed by atoms with Crippen LogP contribution in [0.5, 0.6) is 0 Å². The van der Waals surface area contributed by atoms with Gasteiger partial charge < -0.3 is 5.32 Å². The van der Waals surface area contributed by atoms with E-state index in [0.29, 0.717) is 18.3 Å². The van der Waals surface area contributed by atoms with Crippen molar-refractivity contribution in [3.05, 3.63) is 0 Å². The average molecular weight is 154 g/mol. The van der Waals surface area contributed by atoms with Crippen molar-refractivity contribution in [2.75, 3.05) is 19.1 Å². The first-order valence-electron chi connectivity index (χ1n) is 3.16. The van der Waals surface area contributed by atoms with Gasteiger partial charge >= 0.3 is 0 Å². The Hall–Kier alpha value is 0.180. The Morgan fingerprint density at radius 2 is 2.33 bits per heavy atom. The molecule has 1 atom stereocenters. The van der Waals surface area contributed by atoms with Gasteiger partial charge in [-0.15, -0.1) is 11.6 Å². The smallest absolute Gasteiger partial charge is 0.0906 e. The third-order valence-electron chi connectivity index (χ3n) is 1.03. The van der Waals surface area contributed by atoms with Crippen molar-refractivity contribution in [3.63, 3.8) is 0 Å². The van der Waals surface area contributed by atoms with Crippen LogP contribution >= 0.6 is 11.6 Å². The van der Waals surface area contributed by atoms with E-state index in [1.165, 1.54) is 0 Å². The van der Waals surface area contributed by atoms with Gasteiger partial charge in [-0.2, -0.15) is 0 Å². The number of hydrogen-bond donors (Lipinski definition) is 1. The molecule has 1 N–H and O–H groups in total. The van der Waals surface area contributed by atoms with E-state index in [9.17, 15) is 4.39 Å². The Labute approximate surface area is 60.6 Å². The number of alkyl halides is 2. The molecule has 0 aliphatic rings. The normalized spacial score (nSPS) is 13.7. The molecule has 0 aliphatic carbocycles. The van der Waals surface area contributed by atoms with Gasteiger partial charge in [-0.1, -0.05) is 0 Å². The van der Waals surface area contributed by atoms with Crippen LogP contribution in [-0.4, -0.2) is 25.1 Å². The van der Waals surface area contributed by atoms with Crippen LogP contribution in [0.1, 0.15) is 13.3 Å². The van der Waals surface area contributed by atoms with Crippen LogP contribution in [0, 0.1) is 0 Å². The topological polar surface area (TPSA) is 12.0 Å². The van der Waals surface area contributed by atoms with Crippen molar-refractivity contribution in [2.45, 2.75) is 19.4 Å². The van der Waals surface area contributed by atoms with E-state index in [-0.39, 0.29) is 6.67 Å². The highest BCUT2D eigenvalue weighted by Crippen LogP contribution is 1.86. The molecule has 1 nitrogen and oxygen atoms in total. The SMILES string of the molecule is CC(CCl)NCCCF. The number of halogens is 2. The van der Waals surface area contributed by atoms with Gasteiger partial charge in [0.2, 0.25) is 0 Å². The molecule has 1 unspecified atom stereocenters. The summed E-state index contributed by atoms with van der Waals surface area (Å²) in [6.45, 7) is 2.46. The highest BCUT2D eigenvalue weighted by Gasteiger charge is 1.95. The molecule has 0 aliphatic heterocycles. The lowest BCUT2D eigenvalue weighted by atomic mass is 10.3. The maximum absolute atomic E-state index is 11.5. The van der Waals surface area contributed by atoms with Crippen molar-refractivity contribution >= 4 is 11.6 Å². The van der Waals surface area contributed by atoms with Crippen molar-refractivity contribution in [1.29, 1.82) is 0 Å². The van der Waals surface area contributed by atoms with Crippen molar-refractivity contribution in [2.24, 2.45) is 0 Å². The van der Waals surface area contributed by atoms with Gasteiger partial charge in [-0.3, -0.25) is 4.39 Å². The summed E-state index contributed by atoms with van der Waals surface area (Å²) in [5.41, 5.74) is 0. The lowest BCUT2D eigenvalue weighted by Gasteiger charge is -2.07. The van der Waals surface area contributed by atoms with Crippen molar-refractivity contribution < 1.29 is 4.39 Å². The van der Waals surface area contributed by atoms with Crippen LogP contribution in [-0.2, 0) is 0 Å². The van der Waals surface area contributed by atoms with Gasteiger partial charge in [-0.25, -0.2) is 0 Å². The molecule has 0 spiro atoms. The molecule has 0 amide bonds. The van der Waals surface area contributed by atoms with Gasteiger partial charge in [0.1, 0.15) is 0 Å². The van der Waals surface area contributed by atoms with E-state index in [4.69, 9.17) is 11.6 Å². The fourth-order valence-corrected chi connectivity index (χ4v) is 0.579. The minimum absolute atomic E-state index is 0.248. The second kappa shape index (κ2) is 6.30. The molecule has 0 bridgehead atoms. The van der Waals surface area contributed by atoms with Crippen LogP contribution in [0.4, 0.5) is 4.39 Å². The first-order chi connectivity index (χ1) is 4.31. The standard InChI is InChI=1S/C6H13ClFN/c1-6(5-7)9-4-2-3-8/h6,9H,2-5H2,1H3. The van der Waals surface area contributed by atoms with Crippen molar-refractivity contribution in [3.8, 4) is 0 Å². The summed E-state index contributed by atoms with van der Waals surface area (Å²) in [5, 5.41) is 3.06. The zero-order valence-electron chi connectivity index (χ0n) is 5.66. The van der Waals surface area contributed by atoms with E-state index >= 15 is 0 Å². The summed E-state index contributed by atoms with van der Waals surface area (Å²) < 4.78 is 11.5. The summed E-state index contributed by atoms with van der Waals surface area (Å²) in [4.78, 5) is 0. The largest absolute Gasteiger partial charge is 0.313 e. The highest BCUT2D eigenvalue weighted by atomic mass is 35.5. The lowest BCUT2D eigenvalue weighted by molar-refractivity contribution is 0.449. The fourth-order valence-electron chi connectivity index (χ4n) is 0.470. The quantitative estimate of drug-likeness (QED) is 0.467. The highest BCUT2D eigenvalue weighted by molar-refractivity contribution is 6.18. The molecule has 0 heterocycles. The molecule has 0 saturated heterocycles. The minimum atomic E-state index is -0.248. The van der Waals surface area contributed by atoms with Gasteiger partial charge in [-0.05, 0) is 19.9 Å². The third-order valence-corrected chi connectivity index (χ3v) is 1.50. The molecule has 3 heteroatoms. The third kappa shape index (κ3) is 6.06. The van der Waals surface area contributed by atoms with Crippen LogP contribution in [0.2, 0.25) is 0 Å². The zero-order valence-corrected chi connectivity index (χ0v) is 6.42. The Morgan fingerprint density at radius 1 is 1.67 bits per heavy atom. The summed E-state index contributed by atoms with van der Waals surface area (Å²) in [6, 6.07) is 0.304. The molecule has 0 aromatic carbocycles. The minimum Gasteiger partial charge on any atom is -0.313 e. The first kappa shape index (κ1) is 9.18. The monoisotopic (exact) mass is 153 g/mol. The molecule has 9 heavy (non-hydrogen) atoms. The number of nitrogens with one attached hydrogen (secondary N) is 1. The number of rotatable bonds is 5. The Kier molecular flexibility index (Phi) is 6.43. The summed E-state index contributed by atoms with van der Waals surface area (Å²) >= 11 is 5.47. The van der Waals surface area contributed by atoms with Crippen molar-refractivity contribution in [1.82, 2.24) is 5.32 Å². The molecule has 0 fully saturated rings. The Morgan fingerprint density at radius 3 is 2.78 bits per heavy atom. The lowest BCUT2D eigenvalue weighted by Crippen LogP contribution is -2.28. The maximum Gasteiger partial charge on any atom is 0.0906 e. The molecule has 0 radical (unpaired) electrons. The predicted octanol–water partition coefficient (Wildman–Crippen LogP) is 1.56. The van der Waals surface area contributed by atoms with Gasteiger partial charge in [0.25, 0.3) is 0 Å². The summed E-state index contributed by atoms with van der Waals surface area (Å²) in [7, 11) is 0. The fraction of sp³-hybridized carbons (Fsp3) is 1.00. The zero-order chi connectivity index (χ0) is 7.11. The molecular formula is C6H13ClFN. The van der Waals surface area contributed by atoms with E-state index in [2.05, 4.69) is 5.32 Å². The van der Waals surface area contributed by atoms with Crippen LogP contribution in [0.25, 0.3) is 0 Å². The van der Waals surface area contributed by atoms with Crippen LogP contribution in [0.3, 0.4) is 0 Å². The van der Waals surface area contributed by atoms with E-state index in [0.717, 1.165) is 6.54 Å². The molecule has 0 aromatic rings. The predicted molar refractivity (Wildman–Crippen MR) is 38.8 cm³/mol. The molecular weight excluding hydrogens is 141 g/mol. The molecule has 56 valence electrons. The van der Waals surface area contributed by atoms with Gasteiger partial charge in [0.15, 0.2) is 0 Å². The van der Waals surface area contributed by atoms with E-state index in [1.807, 2.05) is 6.92 Å². The molecule has 0 saturated carbocycles. The van der Waals surface area contributed by atoms with Gasteiger partial charge in [0, 0.05) is 11.9 Å². The average Bonchev–Trinajstić information content (AvgIpc) is 1.89. The molecule has 0 rings (SSSR count). The first-order valence-corrected chi connectivity index (χ1v) is 3.70. The summed E-state index contributed by atoms with van der Waals surface area (Å²) in [6.07, 6.45) is 0.585. The number of hydrogen-bond acceptors (Lipinski definition) is 1. The van der Waals surface area contributed by atoms with Gasteiger partial charge in [0.05, 0.1) is 6.67 Å². The van der Waals surface area contributed by atoms with E-state index in [1.54, 1.807) is 0 Å². The second-order valence-electron chi connectivity index (χ2n) is 2.05. The second-order valence-corrected chi connectivity index (χ2v) is 2.36. The Balaban J connectivity index is 2.88. The molecule has 0 aromatic heterocycles. The van der Waals surface area contributed by atoms with E-state index < -0.39 is 0 Å². The van der Waals surface area contributed by atoms with Crippen LogP contribution < -0.4 is 5.32 Å².